The van der Waals surface area contributed by atoms with Crippen LogP contribution in [0.25, 0.3) is 10.9 Å². The van der Waals surface area contributed by atoms with Gasteiger partial charge in [-0.1, -0.05) is 13.8 Å². The molecule has 0 spiro atoms. The predicted molar refractivity (Wildman–Crippen MR) is 134 cm³/mol. The Bertz CT molecular complexity index is 1160. The van der Waals surface area contributed by atoms with E-state index in [0.717, 1.165) is 55.3 Å². The minimum atomic E-state index is -0.491. The summed E-state index contributed by atoms with van der Waals surface area (Å²) >= 11 is 0. The zero-order valence-corrected chi connectivity index (χ0v) is 21.3. The maximum absolute atomic E-state index is 13.5. The summed E-state index contributed by atoms with van der Waals surface area (Å²) in [6.45, 7) is 5.14. The molecule has 1 aromatic heterocycles. The largest absolute Gasteiger partial charge is 0.408 e. The molecular formula is C30H40FNO3. The highest BCUT2D eigenvalue weighted by Gasteiger charge is 2.59. The van der Waals surface area contributed by atoms with Gasteiger partial charge >= 0.3 is 5.63 Å². The SMILES string of the molecule is CC12CC[C@@H](O)CC1CCC1C2CCC2(C)C1CC[C@@H]2CCCc1nc2ccc(F)cc2c(=O)o1. The first-order valence-electron chi connectivity index (χ1n) is 14.1. The zero-order chi connectivity index (χ0) is 24.4. The molecule has 2 aromatic rings. The number of aryl methyl sites for hydroxylation is 1. The molecule has 6 rings (SSSR count). The van der Waals surface area contributed by atoms with Gasteiger partial charge in [0.1, 0.15) is 5.82 Å². The highest BCUT2D eigenvalue weighted by molar-refractivity contribution is 5.76. The number of fused-ring (bicyclic) bond motifs is 6. The lowest BCUT2D eigenvalue weighted by molar-refractivity contribution is -0.127. The molecule has 6 unspecified atom stereocenters. The van der Waals surface area contributed by atoms with E-state index in [0.29, 0.717) is 28.7 Å². The Balaban J connectivity index is 1.12. The normalized spacial score (nSPS) is 40.8. The molecule has 4 saturated carbocycles. The Morgan fingerprint density at radius 1 is 1.06 bits per heavy atom. The molecule has 4 nitrogen and oxygen atoms in total. The van der Waals surface area contributed by atoms with E-state index in [-0.39, 0.29) is 11.5 Å². The fourth-order valence-electron chi connectivity index (χ4n) is 9.51. The van der Waals surface area contributed by atoms with Crippen LogP contribution < -0.4 is 5.63 Å². The Morgan fingerprint density at radius 2 is 1.86 bits per heavy atom. The average Bonchev–Trinajstić information content (AvgIpc) is 3.16. The van der Waals surface area contributed by atoms with Crippen molar-refractivity contribution in [3.63, 3.8) is 0 Å². The molecular weight excluding hydrogens is 441 g/mol. The van der Waals surface area contributed by atoms with Crippen LogP contribution in [0.5, 0.6) is 0 Å². The third kappa shape index (κ3) is 3.88. The van der Waals surface area contributed by atoms with E-state index in [9.17, 15) is 14.3 Å². The van der Waals surface area contributed by atoms with E-state index in [2.05, 4.69) is 18.8 Å². The number of hydrogen-bond acceptors (Lipinski definition) is 4. The number of nitrogens with zero attached hydrogens (tertiary/aromatic N) is 1. The summed E-state index contributed by atoms with van der Waals surface area (Å²) in [5, 5.41) is 10.5. The molecule has 190 valence electrons. The lowest BCUT2D eigenvalue weighted by Gasteiger charge is -2.61. The Hall–Kier alpha value is -1.75. The topological polar surface area (TPSA) is 63.3 Å². The van der Waals surface area contributed by atoms with Gasteiger partial charge in [0.25, 0.3) is 0 Å². The molecule has 8 atom stereocenters. The molecule has 4 fully saturated rings. The number of hydrogen-bond donors (Lipinski definition) is 1. The van der Waals surface area contributed by atoms with Crippen molar-refractivity contribution in [1.29, 1.82) is 0 Å². The van der Waals surface area contributed by atoms with Crippen molar-refractivity contribution in [2.75, 3.05) is 0 Å². The smallest absolute Gasteiger partial charge is 0.346 e. The van der Waals surface area contributed by atoms with Crippen LogP contribution in [0.2, 0.25) is 0 Å². The van der Waals surface area contributed by atoms with Crippen molar-refractivity contribution in [2.45, 2.75) is 97.0 Å². The van der Waals surface area contributed by atoms with E-state index >= 15 is 0 Å². The van der Waals surface area contributed by atoms with Crippen LogP contribution in [0.1, 0.15) is 90.4 Å². The summed E-state index contributed by atoms with van der Waals surface area (Å²) in [4.78, 5) is 16.8. The van der Waals surface area contributed by atoms with Crippen LogP contribution in [0.3, 0.4) is 0 Å². The van der Waals surface area contributed by atoms with Gasteiger partial charge in [0.2, 0.25) is 0 Å². The average molecular weight is 482 g/mol. The Morgan fingerprint density at radius 3 is 2.71 bits per heavy atom. The van der Waals surface area contributed by atoms with Gasteiger partial charge in [-0.05, 0) is 129 Å². The van der Waals surface area contributed by atoms with E-state index < -0.39 is 11.4 Å². The molecule has 0 amide bonds. The van der Waals surface area contributed by atoms with Crippen molar-refractivity contribution in [3.8, 4) is 0 Å². The van der Waals surface area contributed by atoms with Gasteiger partial charge in [0.05, 0.1) is 17.0 Å². The van der Waals surface area contributed by atoms with E-state index in [4.69, 9.17) is 4.42 Å². The fourth-order valence-corrected chi connectivity index (χ4v) is 9.51. The number of rotatable bonds is 4. The first-order valence-corrected chi connectivity index (χ1v) is 14.1. The van der Waals surface area contributed by atoms with Gasteiger partial charge in [-0.2, -0.15) is 0 Å². The highest BCUT2D eigenvalue weighted by Crippen LogP contribution is 2.67. The maximum atomic E-state index is 13.5. The van der Waals surface area contributed by atoms with Crippen molar-refractivity contribution < 1.29 is 13.9 Å². The second-order valence-corrected chi connectivity index (χ2v) is 12.9. The van der Waals surface area contributed by atoms with Crippen molar-refractivity contribution in [2.24, 2.45) is 40.4 Å². The molecule has 4 aliphatic rings. The van der Waals surface area contributed by atoms with Crippen molar-refractivity contribution in [3.05, 3.63) is 40.3 Å². The maximum Gasteiger partial charge on any atom is 0.346 e. The quantitative estimate of drug-likeness (QED) is 0.530. The van der Waals surface area contributed by atoms with Crippen LogP contribution in [-0.2, 0) is 6.42 Å². The third-order valence-corrected chi connectivity index (χ3v) is 11.4. The lowest BCUT2D eigenvalue weighted by Crippen LogP contribution is -2.53. The number of benzene rings is 1. The number of aliphatic hydroxyl groups is 1. The second-order valence-electron chi connectivity index (χ2n) is 12.9. The summed E-state index contributed by atoms with van der Waals surface area (Å²) < 4.78 is 18.9. The van der Waals surface area contributed by atoms with Crippen LogP contribution >= 0.6 is 0 Å². The van der Waals surface area contributed by atoms with E-state index in [1.54, 1.807) is 6.07 Å². The second kappa shape index (κ2) is 8.68. The van der Waals surface area contributed by atoms with Crippen LogP contribution in [0.4, 0.5) is 4.39 Å². The predicted octanol–water partition coefficient (Wildman–Crippen LogP) is 6.67. The molecule has 35 heavy (non-hydrogen) atoms. The minimum Gasteiger partial charge on any atom is -0.408 e. The van der Waals surface area contributed by atoms with E-state index in [1.807, 2.05) is 0 Å². The summed E-state index contributed by atoms with van der Waals surface area (Å²) in [7, 11) is 0. The number of aliphatic hydroxyl groups excluding tert-OH is 1. The zero-order valence-electron chi connectivity index (χ0n) is 21.3. The Kier molecular flexibility index (Phi) is 5.86. The Labute approximate surface area is 207 Å². The van der Waals surface area contributed by atoms with Crippen LogP contribution in [0.15, 0.2) is 27.4 Å². The lowest BCUT2D eigenvalue weighted by atomic mass is 9.44. The molecule has 0 saturated heterocycles. The summed E-state index contributed by atoms with van der Waals surface area (Å²) in [5.74, 6) is 4.01. The van der Waals surface area contributed by atoms with Crippen LogP contribution in [0, 0.1) is 46.2 Å². The van der Waals surface area contributed by atoms with Crippen molar-refractivity contribution in [1.82, 2.24) is 4.98 Å². The summed E-state index contributed by atoms with van der Waals surface area (Å²) in [6.07, 6.45) is 14.0. The number of halogens is 1. The first-order chi connectivity index (χ1) is 16.8. The molecule has 1 heterocycles. The van der Waals surface area contributed by atoms with Gasteiger partial charge in [-0.3, -0.25) is 0 Å². The molecule has 1 aromatic carbocycles. The highest BCUT2D eigenvalue weighted by atomic mass is 19.1. The van der Waals surface area contributed by atoms with Gasteiger partial charge in [-0.25, -0.2) is 14.2 Å². The van der Waals surface area contributed by atoms with Gasteiger partial charge in [0, 0.05) is 6.42 Å². The monoisotopic (exact) mass is 481 g/mol. The number of aromatic nitrogens is 1. The molecule has 5 heteroatoms. The van der Waals surface area contributed by atoms with Crippen LogP contribution in [-0.4, -0.2) is 16.2 Å². The molecule has 1 N–H and O–H groups in total. The molecule has 0 aliphatic heterocycles. The first kappa shape index (κ1) is 23.6. The molecule has 4 aliphatic carbocycles. The summed E-state index contributed by atoms with van der Waals surface area (Å²) in [5.41, 5.74) is 0.885. The summed E-state index contributed by atoms with van der Waals surface area (Å²) in [6, 6.07) is 4.11. The minimum absolute atomic E-state index is 0.0722. The van der Waals surface area contributed by atoms with Gasteiger partial charge in [-0.15, -0.1) is 0 Å². The molecule has 0 radical (unpaired) electrons. The third-order valence-electron chi connectivity index (χ3n) is 11.4. The molecule has 0 bridgehead atoms. The van der Waals surface area contributed by atoms with E-state index in [1.165, 1.54) is 57.1 Å². The standard InChI is InChI=1S/C30H40FNO3/c1-29-15-13-25-22(9-6-19-16-21(33)12-14-30(19,25)2)24(29)10-7-18(29)4-3-5-27-32-26-11-8-20(31)17-23(26)28(34)35-27/h8,11,17-19,21-22,24-25,33H,3-7,9-10,12-16H2,1-2H3/t18-,19?,21+,22?,24?,25?,29?,30?/m0/s1. The van der Waals surface area contributed by atoms with Gasteiger partial charge < -0.3 is 9.52 Å². The fraction of sp³-hybridized carbons (Fsp3) is 0.733. The van der Waals surface area contributed by atoms with Crippen molar-refractivity contribution >= 4 is 10.9 Å². The van der Waals surface area contributed by atoms with Gasteiger partial charge in [0.15, 0.2) is 5.89 Å².